The molecule has 9 heteroatoms. The molecule has 25 heavy (non-hydrogen) atoms. The number of amides is 2. The van der Waals surface area contributed by atoms with E-state index in [-0.39, 0.29) is 26.1 Å². The zero-order chi connectivity index (χ0) is 19.0. The van der Waals surface area contributed by atoms with Crippen LogP contribution in [0.4, 0.5) is 0 Å². The molecule has 0 aromatic carbocycles. The highest BCUT2D eigenvalue weighted by Crippen LogP contribution is 2.37. The third-order valence-electron chi connectivity index (χ3n) is 3.80. The minimum Gasteiger partial charge on any atom is -0.466 e. The smallest absolute Gasteiger partial charge is 0.328 e. The number of rotatable bonds is 9. The number of carbonyl (C=O) groups excluding carboxylic acids is 4. The lowest BCUT2D eigenvalue weighted by Gasteiger charge is -2.30. The lowest BCUT2D eigenvalue weighted by molar-refractivity contribution is -0.149. The molecule has 0 saturated carbocycles. The predicted molar refractivity (Wildman–Crippen MR) is 92.7 cm³/mol. The highest BCUT2D eigenvalue weighted by atomic mass is 32.2. The van der Waals surface area contributed by atoms with E-state index in [0.717, 1.165) is 0 Å². The Hall–Kier alpha value is -1.77. The molecule has 1 aliphatic rings. The largest absolute Gasteiger partial charge is 0.466 e. The Morgan fingerprint density at radius 3 is 2.48 bits per heavy atom. The second-order valence-corrected chi connectivity index (χ2v) is 7.56. The summed E-state index contributed by atoms with van der Waals surface area (Å²) in [6, 6.07) is -1.63. The van der Waals surface area contributed by atoms with E-state index < -0.39 is 34.8 Å². The third-order valence-corrected chi connectivity index (χ3v) is 5.20. The minimum atomic E-state index is -0.959. The van der Waals surface area contributed by atoms with Crippen LogP contribution in [0.3, 0.4) is 0 Å². The van der Waals surface area contributed by atoms with Crippen LogP contribution in [0.15, 0.2) is 0 Å². The van der Waals surface area contributed by atoms with Crippen molar-refractivity contribution < 1.29 is 28.7 Å². The summed E-state index contributed by atoms with van der Waals surface area (Å²) in [7, 11) is 0. The zero-order valence-electron chi connectivity index (χ0n) is 15.1. The van der Waals surface area contributed by atoms with Crippen LogP contribution >= 0.6 is 11.8 Å². The van der Waals surface area contributed by atoms with E-state index in [1.54, 1.807) is 13.8 Å². The van der Waals surface area contributed by atoms with Crippen LogP contribution in [-0.4, -0.2) is 65.1 Å². The molecule has 1 heterocycles. The maximum Gasteiger partial charge on any atom is 0.328 e. The van der Waals surface area contributed by atoms with Gasteiger partial charge in [0.1, 0.15) is 12.1 Å². The Kier molecular flexibility index (Phi) is 8.21. The van der Waals surface area contributed by atoms with Crippen molar-refractivity contribution in [3.05, 3.63) is 0 Å². The van der Waals surface area contributed by atoms with Gasteiger partial charge in [0.2, 0.25) is 12.3 Å². The van der Waals surface area contributed by atoms with Crippen molar-refractivity contribution in [1.82, 2.24) is 10.2 Å². The number of esters is 2. The maximum atomic E-state index is 12.5. The summed E-state index contributed by atoms with van der Waals surface area (Å²) in [6.45, 7) is 7.46. The monoisotopic (exact) mass is 374 g/mol. The molecule has 1 aliphatic heterocycles. The summed E-state index contributed by atoms with van der Waals surface area (Å²) in [5, 5.41) is 2.61. The fourth-order valence-corrected chi connectivity index (χ4v) is 3.67. The van der Waals surface area contributed by atoms with Gasteiger partial charge >= 0.3 is 11.9 Å². The summed E-state index contributed by atoms with van der Waals surface area (Å²) in [5.74, 6) is -1.06. The summed E-state index contributed by atoms with van der Waals surface area (Å²) in [5.41, 5.74) is 0. The molecular formula is C16H26N2O6S. The van der Waals surface area contributed by atoms with Crippen LogP contribution in [0.25, 0.3) is 0 Å². The number of nitrogens with one attached hydrogen (secondary N) is 1. The molecule has 0 spiro atoms. The maximum absolute atomic E-state index is 12.5. The predicted octanol–water partition coefficient (Wildman–Crippen LogP) is 0.688. The summed E-state index contributed by atoms with van der Waals surface area (Å²) in [6.07, 6.45) is 0.704. The Morgan fingerprint density at radius 1 is 1.28 bits per heavy atom. The van der Waals surface area contributed by atoms with Crippen LogP contribution < -0.4 is 5.32 Å². The number of hydrogen-bond acceptors (Lipinski definition) is 7. The molecule has 1 N–H and O–H groups in total. The van der Waals surface area contributed by atoms with Crippen molar-refractivity contribution in [2.75, 3.05) is 19.0 Å². The molecule has 0 bridgehead atoms. The molecular weight excluding hydrogens is 348 g/mol. The average molecular weight is 374 g/mol. The topological polar surface area (TPSA) is 102 Å². The van der Waals surface area contributed by atoms with Gasteiger partial charge in [0, 0.05) is 12.2 Å². The Morgan fingerprint density at radius 2 is 1.92 bits per heavy atom. The van der Waals surface area contributed by atoms with Crippen LogP contribution in [0.5, 0.6) is 0 Å². The highest BCUT2D eigenvalue weighted by molar-refractivity contribution is 8.00. The lowest BCUT2D eigenvalue weighted by atomic mass is 10.1. The first-order valence-electron chi connectivity index (χ1n) is 8.27. The Balaban J connectivity index is 2.75. The van der Waals surface area contributed by atoms with Gasteiger partial charge in [-0.1, -0.05) is 0 Å². The van der Waals surface area contributed by atoms with Crippen molar-refractivity contribution in [3.63, 3.8) is 0 Å². The summed E-state index contributed by atoms with van der Waals surface area (Å²) < 4.78 is 9.80. The van der Waals surface area contributed by atoms with E-state index >= 15 is 0 Å². The molecule has 1 saturated heterocycles. The van der Waals surface area contributed by atoms with Gasteiger partial charge in [0.05, 0.1) is 18.1 Å². The molecule has 1 fully saturated rings. The number of carbonyl (C=O) groups is 4. The molecule has 0 aromatic heterocycles. The Labute approximate surface area is 152 Å². The van der Waals surface area contributed by atoms with Gasteiger partial charge in [-0.15, -0.1) is 11.8 Å². The Bertz CT molecular complexity index is 511. The van der Waals surface area contributed by atoms with E-state index in [1.165, 1.54) is 16.7 Å². The van der Waals surface area contributed by atoms with Crippen molar-refractivity contribution >= 4 is 36.0 Å². The van der Waals surface area contributed by atoms with E-state index in [2.05, 4.69) is 5.32 Å². The fourth-order valence-electron chi connectivity index (χ4n) is 2.47. The van der Waals surface area contributed by atoms with Crippen molar-refractivity contribution in [2.24, 2.45) is 0 Å². The number of ether oxygens (including phenoxy) is 2. The first-order valence-corrected chi connectivity index (χ1v) is 9.25. The quantitative estimate of drug-likeness (QED) is 0.468. The SMILES string of the molecule is CCOC(=O)CC[C@@H](NC(=O)[C@@H]1CSC(C)(C)N1C=O)C(=O)OCC. The van der Waals surface area contributed by atoms with Crippen LogP contribution in [-0.2, 0) is 28.7 Å². The second-order valence-electron chi connectivity index (χ2n) is 5.94. The van der Waals surface area contributed by atoms with Gasteiger partial charge in [0.25, 0.3) is 0 Å². The molecule has 8 nitrogen and oxygen atoms in total. The number of thioether (sulfide) groups is 1. The van der Waals surface area contributed by atoms with E-state index in [4.69, 9.17) is 9.47 Å². The number of hydrogen-bond donors (Lipinski definition) is 1. The summed E-state index contributed by atoms with van der Waals surface area (Å²) in [4.78, 5) is 48.4. The first-order chi connectivity index (χ1) is 11.8. The van der Waals surface area contributed by atoms with Gasteiger partial charge in [-0.05, 0) is 34.1 Å². The number of nitrogens with zero attached hydrogens (tertiary/aromatic N) is 1. The third kappa shape index (κ3) is 5.91. The van der Waals surface area contributed by atoms with E-state index in [9.17, 15) is 19.2 Å². The van der Waals surface area contributed by atoms with Crippen LogP contribution in [0.2, 0.25) is 0 Å². The van der Waals surface area contributed by atoms with Gasteiger partial charge in [0.15, 0.2) is 0 Å². The van der Waals surface area contributed by atoms with Crippen molar-refractivity contribution in [1.29, 1.82) is 0 Å². The van der Waals surface area contributed by atoms with Gasteiger partial charge in [-0.2, -0.15) is 0 Å². The molecule has 0 aliphatic carbocycles. The fraction of sp³-hybridized carbons (Fsp3) is 0.750. The molecule has 2 amide bonds. The molecule has 1 rings (SSSR count). The van der Waals surface area contributed by atoms with E-state index in [1.807, 2.05) is 13.8 Å². The average Bonchev–Trinajstić information content (AvgIpc) is 2.86. The van der Waals surface area contributed by atoms with Crippen molar-refractivity contribution in [2.45, 2.75) is 57.5 Å². The normalized spacial score (nSPS) is 19.8. The van der Waals surface area contributed by atoms with Gasteiger partial charge in [-0.25, -0.2) is 4.79 Å². The second kappa shape index (κ2) is 9.65. The molecule has 0 radical (unpaired) electrons. The minimum absolute atomic E-state index is 0.0140. The van der Waals surface area contributed by atoms with Crippen LogP contribution in [0, 0.1) is 0 Å². The molecule has 0 unspecified atom stereocenters. The molecule has 2 atom stereocenters. The first kappa shape index (κ1) is 21.3. The molecule has 142 valence electrons. The molecule has 0 aromatic rings. The summed E-state index contributed by atoms with van der Waals surface area (Å²) >= 11 is 1.48. The zero-order valence-corrected chi connectivity index (χ0v) is 15.9. The lowest BCUT2D eigenvalue weighted by Crippen LogP contribution is -2.53. The highest BCUT2D eigenvalue weighted by Gasteiger charge is 2.43. The van der Waals surface area contributed by atoms with Gasteiger partial charge < -0.3 is 19.7 Å². The van der Waals surface area contributed by atoms with Crippen molar-refractivity contribution in [3.8, 4) is 0 Å². The van der Waals surface area contributed by atoms with E-state index in [0.29, 0.717) is 12.2 Å². The van der Waals surface area contributed by atoms with Gasteiger partial charge in [-0.3, -0.25) is 14.4 Å². The van der Waals surface area contributed by atoms with Crippen LogP contribution in [0.1, 0.15) is 40.5 Å². The standard InChI is InChI=1S/C16H26N2O6S/c1-5-23-13(20)8-7-11(15(22)24-6-2)17-14(21)12-9-25-16(3,4)18(12)10-19/h10-12H,5-9H2,1-4H3,(H,17,21)/t11-,12+/m1/s1.